The van der Waals surface area contributed by atoms with Crippen LogP contribution in [0.15, 0.2) is 54.7 Å². The molecule has 2 fully saturated rings. The van der Waals surface area contributed by atoms with E-state index in [0.29, 0.717) is 15.4 Å². The molecule has 31 heavy (non-hydrogen) atoms. The van der Waals surface area contributed by atoms with E-state index in [9.17, 15) is 9.18 Å². The Morgan fingerprint density at radius 3 is 2.68 bits per heavy atom. The van der Waals surface area contributed by atoms with E-state index in [0.717, 1.165) is 43.5 Å². The normalized spacial score (nSPS) is 17.0. The van der Waals surface area contributed by atoms with Gasteiger partial charge < -0.3 is 10.2 Å². The van der Waals surface area contributed by atoms with Gasteiger partial charge in [0.1, 0.15) is 15.7 Å². The topological polar surface area (TPSA) is 48.5 Å². The maximum absolute atomic E-state index is 14.0. The minimum Gasteiger partial charge on any atom is -0.369 e. The second-order valence-corrected chi connectivity index (χ2v) is 9.28. The Bertz CT molecular complexity index is 1070. The molecule has 1 aliphatic carbocycles. The van der Waals surface area contributed by atoms with Crippen LogP contribution in [-0.2, 0) is 0 Å². The largest absolute Gasteiger partial charge is 0.369 e. The number of hydrogen-bond donors (Lipinski definition) is 1. The van der Waals surface area contributed by atoms with Crippen molar-refractivity contribution >= 4 is 28.6 Å². The Balaban J connectivity index is 1.23. The van der Waals surface area contributed by atoms with Gasteiger partial charge in [0.15, 0.2) is 0 Å². The molecular weight excluding hydrogens is 411 g/mol. The van der Waals surface area contributed by atoms with Gasteiger partial charge in [-0.2, -0.15) is 0 Å². The summed E-state index contributed by atoms with van der Waals surface area (Å²) >= 11 is 1.19. The van der Waals surface area contributed by atoms with Crippen molar-refractivity contribution in [3.63, 3.8) is 0 Å². The molecule has 5 nitrogen and oxygen atoms in total. The zero-order valence-corrected chi connectivity index (χ0v) is 18.1. The lowest BCUT2D eigenvalue weighted by atomic mass is 10.2. The minimum atomic E-state index is -0.339. The molecule has 1 aromatic heterocycles. The van der Waals surface area contributed by atoms with E-state index in [1.54, 1.807) is 18.2 Å². The maximum atomic E-state index is 14.0. The number of benzene rings is 2. The fourth-order valence-electron chi connectivity index (χ4n) is 3.97. The molecule has 0 bridgehead atoms. The number of anilines is 2. The third-order valence-electron chi connectivity index (χ3n) is 5.89. The van der Waals surface area contributed by atoms with Gasteiger partial charge in [-0.25, -0.2) is 9.37 Å². The van der Waals surface area contributed by atoms with Crippen LogP contribution in [0.25, 0.3) is 10.6 Å². The zero-order valence-electron chi connectivity index (χ0n) is 17.3. The Hall–Kier alpha value is -2.77. The first-order valence-corrected chi connectivity index (χ1v) is 11.6. The lowest BCUT2D eigenvalue weighted by molar-refractivity contribution is 0.103. The van der Waals surface area contributed by atoms with Crippen molar-refractivity contribution in [1.82, 2.24) is 9.88 Å². The summed E-state index contributed by atoms with van der Waals surface area (Å²) in [5.74, 6) is 0.357. The molecule has 2 heterocycles. The summed E-state index contributed by atoms with van der Waals surface area (Å²) in [6.45, 7) is 5.43. The van der Waals surface area contributed by atoms with E-state index in [2.05, 4.69) is 26.2 Å². The molecule has 2 aromatic carbocycles. The Morgan fingerprint density at radius 1 is 1.10 bits per heavy atom. The standard InChI is InChI=1S/C24H25FN4OS/c25-21-7-2-1-6-20(21)24-26-15-22(31-24)23(30)27-18-4-3-5-19(14-18)29-12-10-28(11-13-29)16-17-8-9-17/h1-7,14-15,17H,8-13,16H2,(H,27,30). The molecule has 0 radical (unpaired) electrons. The van der Waals surface area contributed by atoms with Crippen molar-refractivity contribution in [3.05, 3.63) is 65.4 Å². The number of carbonyl (C=O) groups excluding carboxylic acids is 1. The molecule has 2 aliphatic rings. The van der Waals surface area contributed by atoms with Crippen LogP contribution in [0.4, 0.5) is 15.8 Å². The lowest BCUT2D eigenvalue weighted by Crippen LogP contribution is -2.47. The van der Waals surface area contributed by atoms with Crippen molar-refractivity contribution < 1.29 is 9.18 Å². The number of piperazine rings is 1. The molecule has 0 unspecified atom stereocenters. The van der Waals surface area contributed by atoms with Gasteiger partial charge >= 0.3 is 0 Å². The zero-order chi connectivity index (χ0) is 21.2. The van der Waals surface area contributed by atoms with Crippen LogP contribution in [0.1, 0.15) is 22.5 Å². The number of halogens is 1. The molecule has 160 valence electrons. The molecule has 3 aromatic rings. The van der Waals surface area contributed by atoms with Gasteiger partial charge in [-0.15, -0.1) is 11.3 Å². The van der Waals surface area contributed by atoms with Gasteiger partial charge in [-0.3, -0.25) is 9.69 Å². The van der Waals surface area contributed by atoms with Crippen molar-refractivity contribution in [1.29, 1.82) is 0 Å². The quantitative estimate of drug-likeness (QED) is 0.607. The van der Waals surface area contributed by atoms with Gasteiger partial charge in [-0.1, -0.05) is 18.2 Å². The highest BCUT2D eigenvalue weighted by Crippen LogP contribution is 2.31. The Kier molecular flexibility index (Phi) is 5.70. The fourth-order valence-corrected chi connectivity index (χ4v) is 4.80. The summed E-state index contributed by atoms with van der Waals surface area (Å²) in [4.78, 5) is 22.4. The summed E-state index contributed by atoms with van der Waals surface area (Å²) in [5, 5.41) is 3.46. The first-order chi connectivity index (χ1) is 15.2. The van der Waals surface area contributed by atoms with Crippen LogP contribution in [-0.4, -0.2) is 48.5 Å². The summed E-state index contributed by atoms with van der Waals surface area (Å²) in [5.41, 5.74) is 2.29. The molecule has 1 saturated heterocycles. The first kappa shape index (κ1) is 20.2. The smallest absolute Gasteiger partial charge is 0.267 e. The lowest BCUT2D eigenvalue weighted by Gasteiger charge is -2.36. The summed E-state index contributed by atoms with van der Waals surface area (Å²) in [6, 6.07) is 14.4. The number of nitrogens with one attached hydrogen (secondary N) is 1. The Morgan fingerprint density at radius 2 is 1.90 bits per heavy atom. The molecule has 1 N–H and O–H groups in total. The molecule has 1 aliphatic heterocycles. The number of thiazole rings is 1. The number of aromatic nitrogens is 1. The average molecular weight is 437 g/mol. The van der Waals surface area contributed by atoms with Gasteiger partial charge in [-0.05, 0) is 49.1 Å². The summed E-state index contributed by atoms with van der Waals surface area (Å²) in [7, 11) is 0. The van der Waals surface area contributed by atoms with Crippen LogP contribution in [0.3, 0.4) is 0 Å². The molecule has 7 heteroatoms. The number of carbonyl (C=O) groups is 1. The molecule has 0 spiro atoms. The maximum Gasteiger partial charge on any atom is 0.267 e. The van der Waals surface area contributed by atoms with Gasteiger partial charge in [0.2, 0.25) is 0 Å². The average Bonchev–Trinajstić information content (AvgIpc) is 3.46. The highest BCUT2D eigenvalue weighted by atomic mass is 32.1. The van der Waals surface area contributed by atoms with Gasteiger partial charge in [0.05, 0.1) is 6.20 Å². The Labute approximate surface area is 185 Å². The molecular formula is C24H25FN4OS. The van der Waals surface area contributed by atoms with Crippen molar-refractivity contribution in [2.45, 2.75) is 12.8 Å². The number of nitrogens with zero attached hydrogens (tertiary/aromatic N) is 3. The molecule has 5 rings (SSSR count). The fraction of sp³-hybridized carbons (Fsp3) is 0.333. The van der Waals surface area contributed by atoms with Crippen LogP contribution < -0.4 is 10.2 Å². The van der Waals surface area contributed by atoms with E-state index >= 15 is 0 Å². The molecule has 1 saturated carbocycles. The molecule has 0 atom stereocenters. The van der Waals surface area contributed by atoms with Crippen LogP contribution in [0.2, 0.25) is 0 Å². The van der Waals surface area contributed by atoms with E-state index in [1.807, 2.05) is 18.2 Å². The minimum absolute atomic E-state index is 0.230. The van der Waals surface area contributed by atoms with E-state index in [-0.39, 0.29) is 11.7 Å². The predicted octanol–water partition coefficient (Wildman–Crippen LogP) is 4.73. The van der Waals surface area contributed by atoms with Gasteiger partial charge in [0.25, 0.3) is 5.91 Å². The number of hydrogen-bond acceptors (Lipinski definition) is 5. The van der Waals surface area contributed by atoms with Crippen LogP contribution in [0, 0.1) is 11.7 Å². The number of amides is 1. The third kappa shape index (κ3) is 4.78. The van der Waals surface area contributed by atoms with E-state index < -0.39 is 0 Å². The third-order valence-corrected chi connectivity index (χ3v) is 6.92. The first-order valence-electron chi connectivity index (χ1n) is 10.8. The van der Waals surface area contributed by atoms with Crippen molar-refractivity contribution in [2.75, 3.05) is 42.9 Å². The SMILES string of the molecule is O=C(Nc1cccc(N2CCN(CC3CC3)CC2)c1)c1cnc(-c2ccccc2F)s1. The monoisotopic (exact) mass is 436 g/mol. The summed E-state index contributed by atoms with van der Waals surface area (Å²) < 4.78 is 14.0. The summed E-state index contributed by atoms with van der Waals surface area (Å²) in [6.07, 6.45) is 4.29. The van der Waals surface area contributed by atoms with Crippen LogP contribution >= 0.6 is 11.3 Å². The van der Waals surface area contributed by atoms with Crippen molar-refractivity contribution in [2.24, 2.45) is 5.92 Å². The second-order valence-electron chi connectivity index (χ2n) is 8.24. The second kappa shape index (κ2) is 8.77. The predicted molar refractivity (Wildman–Crippen MR) is 123 cm³/mol. The van der Waals surface area contributed by atoms with Gasteiger partial charge in [0, 0.05) is 49.7 Å². The van der Waals surface area contributed by atoms with E-state index in [4.69, 9.17) is 0 Å². The highest BCUT2D eigenvalue weighted by Gasteiger charge is 2.26. The number of rotatable bonds is 6. The molecule has 1 amide bonds. The van der Waals surface area contributed by atoms with E-state index in [1.165, 1.54) is 43.0 Å². The van der Waals surface area contributed by atoms with Crippen LogP contribution in [0.5, 0.6) is 0 Å². The van der Waals surface area contributed by atoms with Crippen molar-refractivity contribution in [3.8, 4) is 10.6 Å². The highest BCUT2D eigenvalue weighted by molar-refractivity contribution is 7.17.